The van der Waals surface area contributed by atoms with E-state index in [0.29, 0.717) is 23.7 Å². The Morgan fingerprint density at radius 1 is 1.21 bits per heavy atom. The van der Waals surface area contributed by atoms with Gasteiger partial charge in [-0.3, -0.25) is 9.10 Å². The van der Waals surface area contributed by atoms with Crippen LogP contribution in [0.4, 0.5) is 5.69 Å². The van der Waals surface area contributed by atoms with Crippen molar-refractivity contribution in [3.8, 4) is 5.75 Å². The highest BCUT2D eigenvalue weighted by Gasteiger charge is 2.18. The monoisotopic (exact) mass is 438 g/mol. The molecule has 0 saturated carbocycles. The summed E-state index contributed by atoms with van der Waals surface area (Å²) in [6, 6.07) is 14.2. The second-order valence-corrected chi connectivity index (χ2v) is 9.35. The lowest BCUT2D eigenvalue weighted by Crippen LogP contribution is -2.37. The minimum absolute atomic E-state index is 0.149. The molecule has 0 saturated heterocycles. The van der Waals surface area contributed by atoms with E-state index < -0.39 is 10.0 Å². The first-order chi connectivity index (χ1) is 13.6. The van der Waals surface area contributed by atoms with E-state index in [0.717, 1.165) is 17.6 Å². The van der Waals surface area contributed by atoms with Gasteiger partial charge >= 0.3 is 0 Å². The van der Waals surface area contributed by atoms with E-state index in [-0.39, 0.29) is 24.9 Å². The number of carbonyl (C=O) groups excluding carboxylic acids is 1. The number of amides is 1. The van der Waals surface area contributed by atoms with Gasteiger partial charge in [-0.05, 0) is 50.6 Å². The van der Waals surface area contributed by atoms with Crippen molar-refractivity contribution in [1.82, 2.24) is 5.32 Å². The van der Waals surface area contributed by atoms with Crippen LogP contribution in [0.2, 0.25) is 5.02 Å². The van der Waals surface area contributed by atoms with Crippen LogP contribution < -0.4 is 14.4 Å². The first-order valence-corrected chi connectivity index (χ1v) is 11.6. The van der Waals surface area contributed by atoms with Crippen molar-refractivity contribution in [2.24, 2.45) is 0 Å². The highest BCUT2D eigenvalue weighted by Crippen LogP contribution is 2.22. The zero-order valence-corrected chi connectivity index (χ0v) is 18.5. The Labute approximate surface area is 177 Å². The molecule has 8 heteroatoms. The van der Waals surface area contributed by atoms with Crippen molar-refractivity contribution >= 4 is 33.2 Å². The predicted molar refractivity (Wildman–Crippen MR) is 117 cm³/mol. The summed E-state index contributed by atoms with van der Waals surface area (Å²) in [4.78, 5) is 12.2. The largest absolute Gasteiger partial charge is 0.491 e. The summed E-state index contributed by atoms with van der Waals surface area (Å²) in [5.41, 5.74) is 1.64. The standard InChI is InChI=1S/C21H27ClN2O4S/c1-16-9-11-20(12-10-16)28-15-17(2)23-21(25)8-5-13-24(29(3,26)27)19-7-4-6-18(22)14-19/h4,6-7,9-12,14,17H,5,8,13,15H2,1-3H3,(H,23,25)/t17-/m1/s1. The summed E-state index contributed by atoms with van der Waals surface area (Å²) < 4.78 is 31.1. The topological polar surface area (TPSA) is 75.7 Å². The fourth-order valence-electron chi connectivity index (χ4n) is 2.75. The number of benzene rings is 2. The van der Waals surface area contributed by atoms with Crippen LogP contribution in [-0.4, -0.2) is 39.8 Å². The molecule has 0 aliphatic rings. The molecule has 2 aromatic rings. The van der Waals surface area contributed by atoms with Crippen LogP contribution >= 0.6 is 11.6 Å². The molecule has 0 heterocycles. The van der Waals surface area contributed by atoms with E-state index in [2.05, 4.69) is 5.32 Å². The Bertz CT molecular complexity index is 917. The predicted octanol–water partition coefficient (Wildman–Crippen LogP) is 3.78. The molecule has 0 bridgehead atoms. The lowest BCUT2D eigenvalue weighted by Gasteiger charge is -2.22. The molecular weight excluding hydrogens is 412 g/mol. The quantitative estimate of drug-likeness (QED) is 0.612. The zero-order valence-electron chi connectivity index (χ0n) is 16.9. The summed E-state index contributed by atoms with van der Waals surface area (Å²) in [6.07, 6.45) is 1.73. The molecule has 1 amide bonds. The number of ether oxygens (including phenoxy) is 1. The fraction of sp³-hybridized carbons (Fsp3) is 0.381. The molecule has 0 spiro atoms. The van der Waals surface area contributed by atoms with Crippen LogP contribution in [0.25, 0.3) is 0 Å². The average molecular weight is 439 g/mol. The Morgan fingerprint density at radius 2 is 1.90 bits per heavy atom. The molecular formula is C21H27ClN2O4S. The molecule has 2 rings (SSSR count). The van der Waals surface area contributed by atoms with Gasteiger partial charge in [-0.2, -0.15) is 0 Å². The molecule has 1 atom stereocenters. The van der Waals surface area contributed by atoms with Gasteiger partial charge in [0, 0.05) is 18.0 Å². The van der Waals surface area contributed by atoms with Gasteiger partial charge in [-0.1, -0.05) is 35.4 Å². The molecule has 0 unspecified atom stereocenters. The molecule has 158 valence electrons. The molecule has 6 nitrogen and oxygen atoms in total. The Kier molecular flexibility index (Phi) is 8.34. The van der Waals surface area contributed by atoms with Crippen LogP contribution in [0.3, 0.4) is 0 Å². The van der Waals surface area contributed by atoms with Crippen molar-refractivity contribution in [3.63, 3.8) is 0 Å². The number of halogens is 1. The second-order valence-electron chi connectivity index (χ2n) is 7.01. The minimum atomic E-state index is -3.48. The molecule has 29 heavy (non-hydrogen) atoms. The first kappa shape index (κ1) is 23.0. The molecule has 0 fully saturated rings. The van der Waals surface area contributed by atoms with Crippen molar-refractivity contribution in [2.75, 3.05) is 23.7 Å². The van der Waals surface area contributed by atoms with Gasteiger partial charge in [0.05, 0.1) is 18.0 Å². The molecule has 0 aliphatic heterocycles. The van der Waals surface area contributed by atoms with Gasteiger partial charge in [0.25, 0.3) is 0 Å². The number of sulfonamides is 1. The maximum absolute atomic E-state index is 12.2. The summed E-state index contributed by atoms with van der Waals surface area (Å²) >= 11 is 5.96. The molecule has 0 aliphatic carbocycles. The summed E-state index contributed by atoms with van der Waals surface area (Å²) in [5.74, 6) is 0.603. The van der Waals surface area contributed by atoms with E-state index in [1.807, 2.05) is 38.1 Å². The number of rotatable bonds is 10. The van der Waals surface area contributed by atoms with Crippen molar-refractivity contribution in [2.45, 2.75) is 32.7 Å². The van der Waals surface area contributed by atoms with Crippen molar-refractivity contribution in [1.29, 1.82) is 0 Å². The average Bonchev–Trinajstić information content (AvgIpc) is 2.63. The van der Waals surface area contributed by atoms with Gasteiger partial charge in [0.1, 0.15) is 12.4 Å². The van der Waals surface area contributed by atoms with Gasteiger partial charge in [-0.25, -0.2) is 8.42 Å². The van der Waals surface area contributed by atoms with Gasteiger partial charge < -0.3 is 10.1 Å². The highest BCUT2D eigenvalue weighted by atomic mass is 35.5. The van der Waals surface area contributed by atoms with Crippen LogP contribution in [0.5, 0.6) is 5.75 Å². The maximum Gasteiger partial charge on any atom is 0.232 e. The lowest BCUT2D eigenvalue weighted by molar-refractivity contribution is -0.121. The van der Waals surface area contributed by atoms with Crippen molar-refractivity contribution in [3.05, 3.63) is 59.1 Å². The highest BCUT2D eigenvalue weighted by molar-refractivity contribution is 7.92. The van der Waals surface area contributed by atoms with E-state index in [1.165, 1.54) is 4.31 Å². The third-order valence-electron chi connectivity index (χ3n) is 4.19. The minimum Gasteiger partial charge on any atom is -0.491 e. The Balaban J connectivity index is 1.80. The molecule has 2 aromatic carbocycles. The Morgan fingerprint density at radius 3 is 2.52 bits per heavy atom. The number of hydrogen-bond donors (Lipinski definition) is 1. The van der Waals surface area contributed by atoms with Gasteiger partial charge in [0.2, 0.25) is 15.9 Å². The number of anilines is 1. The van der Waals surface area contributed by atoms with E-state index in [4.69, 9.17) is 16.3 Å². The smallest absolute Gasteiger partial charge is 0.232 e. The van der Waals surface area contributed by atoms with E-state index in [1.54, 1.807) is 24.3 Å². The number of aryl methyl sites for hydroxylation is 1. The first-order valence-electron chi connectivity index (χ1n) is 9.37. The SMILES string of the molecule is Cc1ccc(OC[C@@H](C)NC(=O)CCCN(c2cccc(Cl)c2)S(C)(=O)=O)cc1. The maximum atomic E-state index is 12.2. The molecule has 0 aromatic heterocycles. The number of carbonyl (C=O) groups is 1. The van der Waals surface area contributed by atoms with Crippen molar-refractivity contribution < 1.29 is 17.9 Å². The van der Waals surface area contributed by atoms with Gasteiger partial charge in [-0.15, -0.1) is 0 Å². The fourth-order valence-corrected chi connectivity index (χ4v) is 3.89. The van der Waals surface area contributed by atoms with Crippen LogP contribution in [0.15, 0.2) is 48.5 Å². The third-order valence-corrected chi connectivity index (χ3v) is 5.62. The molecule has 0 radical (unpaired) electrons. The second kappa shape index (κ2) is 10.5. The summed E-state index contributed by atoms with van der Waals surface area (Å²) in [6.45, 7) is 4.42. The summed E-state index contributed by atoms with van der Waals surface area (Å²) in [7, 11) is -3.48. The number of nitrogens with one attached hydrogen (secondary N) is 1. The lowest BCUT2D eigenvalue weighted by atomic mass is 10.2. The van der Waals surface area contributed by atoms with Gasteiger partial charge in [0.15, 0.2) is 0 Å². The molecule has 1 N–H and O–H groups in total. The van der Waals surface area contributed by atoms with Crippen LogP contribution in [0, 0.1) is 6.92 Å². The normalized spacial score (nSPS) is 12.3. The van der Waals surface area contributed by atoms with E-state index in [9.17, 15) is 13.2 Å². The van der Waals surface area contributed by atoms with Crippen LogP contribution in [-0.2, 0) is 14.8 Å². The Hall–Kier alpha value is -2.25. The van der Waals surface area contributed by atoms with E-state index >= 15 is 0 Å². The third kappa shape index (κ3) is 7.95. The zero-order chi connectivity index (χ0) is 21.4. The summed E-state index contributed by atoms with van der Waals surface area (Å²) in [5, 5.41) is 3.32. The van der Waals surface area contributed by atoms with Crippen LogP contribution in [0.1, 0.15) is 25.3 Å². The number of hydrogen-bond acceptors (Lipinski definition) is 4. The number of nitrogens with zero attached hydrogens (tertiary/aromatic N) is 1.